The van der Waals surface area contributed by atoms with Crippen LogP contribution in [-0.2, 0) is 17.8 Å². The monoisotopic (exact) mass is 269 g/mol. The van der Waals surface area contributed by atoms with Crippen molar-refractivity contribution in [2.45, 2.75) is 19.9 Å². The lowest BCUT2D eigenvalue weighted by atomic mass is 10.1. The predicted molar refractivity (Wildman–Crippen MR) is 80.0 cm³/mol. The largest absolute Gasteiger partial charge is 0.465 e. The van der Waals surface area contributed by atoms with E-state index in [1.165, 1.54) is 11.6 Å². The van der Waals surface area contributed by atoms with E-state index in [4.69, 9.17) is 4.42 Å². The Morgan fingerprint density at radius 1 is 1.20 bits per heavy atom. The Balaban J connectivity index is 1.93. The third-order valence-corrected chi connectivity index (χ3v) is 3.16. The van der Waals surface area contributed by atoms with Crippen molar-refractivity contribution in [2.24, 2.45) is 0 Å². The number of carbonyl (C=O) groups excluding carboxylic acids is 1. The summed E-state index contributed by atoms with van der Waals surface area (Å²) in [7, 11) is 1.79. The summed E-state index contributed by atoms with van der Waals surface area (Å²) in [5.41, 5.74) is 2.44. The van der Waals surface area contributed by atoms with Crippen molar-refractivity contribution in [3.63, 3.8) is 0 Å². The molecule has 3 nitrogen and oxygen atoms in total. The molecule has 1 amide bonds. The number of nitrogens with zero attached hydrogens (tertiary/aromatic N) is 1. The van der Waals surface area contributed by atoms with Crippen molar-refractivity contribution in [3.8, 4) is 0 Å². The van der Waals surface area contributed by atoms with E-state index >= 15 is 0 Å². The van der Waals surface area contributed by atoms with Gasteiger partial charge in [0.05, 0.1) is 6.26 Å². The van der Waals surface area contributed by atoms with Crippen LogP contribution < -0.4 is 0 Å². The van der Waals surface area contributed by atoms with Crippen molar-refractivity contribution >= 4 is 12.0 Å². The van der Waals surface area contributed by atoms with Crippen LogP contribution in [0.15, 0.2) is 53.2 Å². The summed E-state index contributed by atoms with van der Waals surface area (Å²) < 4.78 is 5.15. The van der Waals surface area contributed by atoms with Gasteiger partial charge in [0.25, 0.3) is 0 Å². The lowest BCUT2D eigenvalue weighted by Crippen LogP contribution is -2.24. The van der Waals surface area contributed by atoms with Gasteiger partial charge in [-0.05, 0) is 35.8 Å². The Morgan fingerprint density at radius 2 is 1.90 bits per heavy atom. The van der Waals surface area contributed by atoms with Gasteiger partial charge in [0.1, 0.15) is 5.76 Å². The number of carbonyl (C=O) groups is 1. The highest BCUT2D eigenvalue weighted by molar-refractivity contribution is 5.91. The lowest BCUT2D eigenvalue weighted by Gasteiger charge is -2.15. The van der Waals surface area contributed by atoms with Crippen molar-refractivity contribution in [1.29, 1.82) is 0 Å². The van der Waals surface area contributed by atoms with Gasteiger partial charge >= 0.3 is 0 Å². The first-order valence-electron chi connectivity index (χ1n) is 6.73. The summed E-state index contributed by atoms with van der Waals surface area (Å²) >= 11 is 0. The van der Waals surface area contributed by atoms with Crippen LogP contribution in [0.4, 0.5) is 0 Å². The Labute approximate surface area is 119 Å². The number of amides is 1. The second kappa shape index (κ2) is 6.75. The van der Waals surface area contributed by atoms with Gasteiger partial charge < -0.3 is 9.32 Å². The van der Waals surface area contributed by atoms with Gasteiger partial charge in [0.15, 0.2) is 0 Å². The van der Waals surface area contributed by atoms with Crippen LogP contribution in [0.3, 0.4) is 0 Å². The molecule has 0 fully saturated rings. The number of hydrogen-bond acceptors (Lipinski definition) is 2. The average Bonchev–Trinajstić information content (AvgIpc) is 2.98. The summed E-state index contributed by atoms with van der Waals surface area (Å²) in [6.45, 7) is 2.73. The molecule has 2 aromatic rings. The summed E-state index contributed by atoms with van der Waals surface area (Å²) in [6, 6.07) is 12.0. The van der Waals surface area contributed by atoms with Crippen LogP contribution in [0.2, 0.25) is 0 Å². The number of furan rings is 1. The standard InChI is InChI=1S/C17H19NO2/c1-3-14-6-8-15(9-7-14)13-18(2)17(19)11-10-16-5-4-12-20-16/h4-12H,3,13H2,1-2H3. The zero-order chi connectivity index (χ0) is 14.4. The third-order valence-electron chi connectivity index (χ3n) is 3.16. The Morgan fingerprint density at radius 3 is 2.50 bits per heavy atom. The van der Waals surface area contributed by atoms with Crippen molar-refractivity contribution in [2.75, 3.05) is 7.05 Å². The van der Waals surface area contributed by atoms with Gasteiger partial charge in [-0.1, -0.05) is 31.2 Å². The van der Waals surface area contributed by atoms with Gasteiger partial charge in [0, 0.05) is 19.7 Å². The van der Waals surface area contributed by atoms with Gasteiger partial charge in [0.2, 0.25) is 5.91 Å². The Hall–Kier alpha value is -2.29. The Kier molecular flexibility index (Phi) is 4.77. The highest BCUT2D eigenvalue weighted by Gasteiger charge is 2.06. The molecule has 0 radical (unpaired) electrons. The van der Waals surface area contributed by atoms with E-state index in [1.54, 1.807) is 30.4 Å². The fourth-order valence-corrected chi connectivity index (χ4v) is 1.90. The molecule has 0 N–H and O–H groups in total. The van der Waals surface area contributed by atoms with Gasteiger partial charge in [-0.25, -0.2) is 0 Å². The summed E-state index contributed by atoms with van der Waals surface area (Å²) in [6.07, 6.45) is 5.82. The minimum absolute atomic E-state index is 0.0408. The molecule has 2 rings (SSSR count). The highest BCUT2D eigenvalue weighted by atomic mass is 16.3. The first-order chi connectivity index (χ1) is 9.69. The minimum Gasteiger partial charge on any atom is -0.465 e. The molecule has 0 atom stereocenters. The molecular formula is C17H19NO2. The molecule has 0 unspecified atom stereocenters. The number of benzene rings is 1. The summed E-state index contributed by atoms with van der Waals surface area (Å²) in [4.78, 5) is 13.6. The van der Waals surface area contributed by atoms with E-state index in [0.717, 1.165) is 12.0 Å². The van der Waals surface area contributed by atoms with E-state index in [2.05, 4.69) is 31.2 Å². The van der Waals surface area contributed by atoms with E-state index < -0.39 is 0 Å². The number of aryl methyl sites for hydroxylation is 1. The molecule has 20 heavy (non-hydrogen) atoms. The second-order valence-corrected chi connectivity index (χ2v) is 4.71. The van der Waals surface area contributed by atoms with E-state index in [0.29, 0.717) is 12.3 Å². The van der Waals surface area contributed by atoms with Gasteiger partial charge in [-0.15, -0.1) is 0 Å². The van der Waals surface area contributed by atoms with E-state index in [1.807, 2.05) is 6.07 Å². The second-order valence-electron chi connectivity index (χ2n) is 4.71. The topological polar surface area (TPSA) is 33.5 Å². The zero-order valence-electron chi connectivity index (χ0n) is 11.9. The van der Waals surface area contributed by atoms with Crippen LogP contribution in [0.25, 0.3) is 6.08 Å². The van der Waals surface area contributed by atoms with Crippen molar-refractivity contribution in [3.05, 3.63) is 65.6 Å². The number of likely N-dealkylation sites (N-methyl/N-ethyl adjacent to an activating group) is 1. The third kappa shape index (κ3) is 3.85. The van der Waals surface area contributed by atoms with Crippen LogP contribution in [0.5, 0.6) is 0 Å². The van der Waals surface area contributed by atoms with E-state index in [-0.39, 0.29) is 5.91 Å². The summed E-state index contributed by atoms with van der Waals surface area (Å²) in [5.74, 6) is 0.639. The van der Waals surface area contributed by atoms with Crippen LogP contribution in [0, 0.1) is 0 Å². The first kappa shape index (κ1) is 14.1. The lowest BCUT2D eigenvalue weighted by molar-refractivity contribution is -0.125. The van der Waals surface area contributed by atoms with Crippen LogP contribution in [-0.4, -0.2) is 17.9 Å². The van der Waals surface area contributed by atoms with Crippen LogP contribution >= 0.6 is 0 Å². The maximum absolute atomic E-state index is 12.0. The fraction of sp³-hybridized carbons (Fsp3) is 0.235. The van der Waals surface area contributed by atoms with Crippen LogP contribution in [0.1, 0.15) is 23.8 Å². The number of hydrogen-bond donors (Lipinski definition) is 0. The zero-order valence-corrected chi connectivity index (χ0v) is 11.9. The highest BCUT2D eigenvalue weighted by Crippen LogP contribution is 2.08. The molecule has 0 aliphatic carbocycles. The molecule has 1 aromatic heterocycles. The smallest absolute Gasteiger partial charge is 0.246 e. The van der Waals surface area contributed by atoms with Crippen molar-refractivity contribution in [1.82, 2.24) is 4.90 Å². The molecule has 1 heterocycles. The molecule has 3 heteroatoms. The van der Waals surface area contributed by atoms with Gasteiger partial charge in [-0.3, -0.25) is 4.79 Å². The maximum Gasteiger partial charge on any atom is 0.246 e. The van der Waals surface area contributed by atoms with Gasteiger partial charge in [-0.2, -0.15) is 0 Å². The first-order valence-corrected chi connectivity index (χ1v) is 6.73. The number of rotatable bonds is 5. The molecule has 0 bridgehead atoms. The average molecular weight is 269 g/mol. The van der Waals surface area contributed by atoms with E-state index in [9.17, 15) is 4.79 Å². The molecule has 0 saturated heterocycles. The summed E-state index contributed by atoms with van der Waals surface area (Å²) in [5, 5.41) is 0. The molecule has 1 aromatic carbocycles. The minimum atomic E-state index is -0.0408. The molecular weight excluding hydrogens is 250 g/mol. The Bertz CT molecular complexity index is 568. The molecule has 0 spiro atoms. The maximum atomic E-state index is 12.0. The predicted octanol–water partition coefficient (Wildman–Crippen LogP) is 3.51. The molecule has 0 aliphatic heterocycles. The molecule has 104 valence electrons. The quantitative estimate of drug-likeness (QED) is 0.778. The SMILES string of the molecule is CCc1ccc(CN(C)C(=O)C=Cc2ccco2)cc1. The molecule has 0 aliphatic rings. The molecule has 0 saturated carbocycles. The normalized spacial score (nSPS) is 10.9. The van der Waals surface area contributed by atoms with Crippen molar-refractivity contribution < 1.29 is 9.21 Å². The fourth-order valence-electron chi connectivity index (χ4n) is 1.90.